The van der Waals surface area contributed by atoms with E-state index < -0.39 is 11.7 Å². The van der Waals surface area contributed by atoms with Crippen molar-refractivity contribution in [1.82, 2.24) is 10.2 Å². The predicted octanol–water partition coefficient (Wildman–Crippen LogP) is 3.98. The summed E-state index contributed by atoms with van der Waals surface area (Å²) in [5.74, 6) is 0. The number of halogens is 4. The van der Waals surface area contributed by atoms with Crippen molar-refractivity contribution in [2.75, 3.05) is 27.2 Å². The molecule has 1 aliphatic rings. The lowest BCUT2D eigenvalue weighted by atomic mass is 9.83. The fraction of sp³-hybridized carbons (Fsp3) is 0.625. The first-order valence-electron chi connectivity index (χ1n) is 7.49. The molecule has 6 heteroatoms. The standard InChI is InChI=1S/C16H22ClF3N2/c1-22(2)15(8-4-10-21-11-15)9-7-12-5-3-6-13(14(12)17)16(18,19)20/h3,5-6,21H,4,7-11H2,1-2H3/t15-/m0/s1. The van der Waals surface area contributed by atoms with Gasteiger partial charge in [-0.15, -0.1) is 0 Å². The lowest BCUT2D eigenvalue weighted by Gasteiger charge is -2.43. The monoisotopic (exact) mass is 334 g/mol. The maximum atomic E-state index is 12.9. The molecule has 2 nitrogen and oxygen atoms in total. The topological polar surface area (TPSA) is 15.3 Å². The summed E-state index contributed by atoms with van der Waals surface area (Å²) in [5, 5.41) is 3.23. The van der Waals surface area contributed by atoms with Gasteiger partial charge in [0.05, 0.1) is 10.6 Å². The maximum Gasteiger partial charge on any atom is 0.417 e. The molecule has 0 amide bonds. The first-order chi connectivity index (χ1) is 10.3. The van der Waals surface area contributed by atoms with Crippen LogP contribution in [-0.4, -0.2) is 37.6 Å². The largest absolute Gasteiger partial charge is 0.417 e. The summed E-state index contributed by atoms with van der Waals surface area (Å²) in [6.07, 6.45) is -0.951. The zero-order chi connectivity index (χ0) is 16.4. The molecule has 1 saturated heterocycles. The van der Waals surface area contributed by atoms with Crippen LogP contribution in [0, 0.1) is 0 Å². The van der Waals surface area contributed by atoms with Crippen molar-refractivity contribution in [3.8, 4) is 0 Å². The number of benzene rings is 1. The van der Waals surface area contributed by atoms with Gasteiger partial charge in [0.2, 0.25) is 0 Å². The minimum absolute atomic E-state index is 0.0180. The average molecular weight is 335 g/mol. The van der Waals surface area contributed by atoms with Crippen LogP contribution in [0.5, 0.6) is 0 Å². The Morgan fingerprint density at radius 3 is 2.59 bits per heavy atom. The second-order valence-corrected chi connectivity index (χ2v) is 6.55. The molecule has 0 aromatic heterocycles. The quantitative estimate of drug-likeness (QED) is 0.896. The Morgan fingerprint density at radius 2 is 2.05 bits per heavy atom. The molecular formula is C16H22ClF3N2. The lowest BCUT2D eigenvalue weighted by molar-refractivity contribution is -0.137. The van der Waals surface area contributed by atoms with Gasteiger partial charge in [-0.3, -0.25) is 0 Å². The van der Waals surface area contributed by atoms with Gasteiger partial charge >= 0.3 is 6.18 Å². The van der Waals surface area contributed by atoms with E-state index in [1.54, 1.807) is 6.07 Å². The van der Waals surface area contributed by atoms with Crippen LogP contribution in [0.15, 0.2) is 18.2 Å². The molecule has 2 rings (SSSR count). The van der Waals surface area contributed by atoms with Crippen LogP contribution in [0.1, 0.15) is 30.4 Å². The van der Waals surface area contributed by atoms with Crippen LogP contribution in [-0.2, 0) is 12.6 Å². The Kier molecular flexibility index (Phi) is 5.41. The first kappa shape index (κ1) is 17.6. The van der Waals surface area contributed by atoms with Crippen molar-refractivity contribution >= 4 is 11.6 Å². The van der Waals surface area contributed by atoms with Crippen molar-refractivity contribution in [2.45, 2.75) is 37.4 Å². The van der Waals surface area contributed by atoms with Gasteiger partial charge in [0.1, 0.15) is 0 Å². The van der Waals surface area contributed by atoms with E-state index in [-0.39, 0.29) is 10.6 Å². The molecule has 0 saturated carbocycles. The SMILES string of the molecule is CN(C)[C@]1(CCc2cccc(C(F)(F)F)c2Cl)CCCNC1. The molecule has 1 aromatic carbocycles. The van der Waals surface area contributed by atoms with Gasteiger partial charge in [-0.1, -0.05) is 23.7 Å². The third-order valence-corrected chi connectivity index (χ3v) is 5.09. The Bertz CT molecular complexity index is 509. The van der Waals surface area contributed by atoms with Crippen molar-refractivity contribution in [1.29, 1.82) is 0 Å². The number of aryl methyl sites for hydroxylation is 1. The smallest absolute Gasteiger partial charge is 0.315 e. The maximum absolute atomic E-state index is 12.9. The molecular weight excluding hydrogens is 313 g/mol. The number of alkyl halides is 3. The van der Waals surface area contributed by atoms with Crippen LogP contribution < -0.4 is 5.32 Å². The molecule has 0 bridgehead atoms. The third kappa shape index (κ3) is 3.76. The fourth-order valence-corrected chi connectivity index (χ4v) is 3.46. The van der Waals surface area contributed by atoms with Crippen LogP contribution in [0.3, 0.4) is 0 Å². The zero-order valence-corrected chi connectivity index (χ0v) is 13.7. The van der Waals surface area contributed by atoms with Crippen molar-refractivity contribution in [3.63, 3.8) is 0 Å². The molecule has 1 aromatic rings. The van der Waals surface area contributed by atoms with Gasteiger partial charge in [0.25, 0.3) is 0 Å². The molecule has 0 radical (unpaired) electrons. The summed E-state index contributed by atoms with van der Waals surface area (Å²) < 4.78 is 38.8. The van der Waals surface area contributed by atoms with E-state index in [0.29, 0.717) is 12.0 Å². The van der Waals surface area contributed by atoms with Gasteiger partial charge in [-0.2, -0.15) is 13.2 Å². The third-order valence-electron chi connectivity index (χ3n) is 4.64. The molecule has 1 N–H and O–H groups in total. The highest BCUT2D eigenvalue weighted by Gasteiger charge is 2.36. The van der Waals surface area contributed by atoms with Crippen molar-refractivity contribution in [3.05, 3.63) is 34.3 Å². The molecule has 1 aliphatic heterocycles. The second-order valence-electron chi connectivity index (χ2n) is 6.18. The Labute approximate surface area is 134 Å². The number of likely N-dealkylation sites (N-methyl/N-ethyl adjacent to an activating group) is 1. The van der Waals surface area contributed by atoms with E-state index in [1.165, 1.54) is 6.07 Å². The molecule has 0 unspecified atom stereocenters. The summed E-state index contributed by atoms with van der Waals surface area (Å²) in [4.78, 5) is 2.18. The van der Waals surface area contributed by atoms with E-state index in [1.807, 2.05) is 14.1 Å². The van der Waals surface area contributed by atoms with Crippen LogP contribution in [0.4, 0.5) is 13.2 Å². The highest BCUT2D eigenvalue weighted by Crippen LogP contribution is 2.37. The molecule has 124 valence electrons. The summed E-state index contributed by atoms with van der Waals surface area (Å²) in [6.45, 7) is 1.86. The molecule has 1 heterocycles. The number of nitrogens with zero attached hydrogens (tertiary/aromatic N) is 1. The molecule has 0 aliphatic carbocycles. The number of piperidine rings is 1. The van der Waals surface area contributed by atoms with E-state index in [0.717, 1.165) is 38.4 Å². The van der Waals surface area contributed by atoms with Gasteiger partial charge in [0, 0.05) is 12.1 Å². The second kappa shape index (κ2) is 6.77. The average Bonchev–Trinajstić information content (AvgIpc) is 2.46. The van der Waals surface area contributed by atoms with Gasteiger partial charge in [-0.05, 0) is 58.0 Å². The summed E-state index contributed by atoms with van der Waals surface area (Å²) >= 11 is 5.99. The van der Waals surface area contributed by atoms with Gasteiger partial charge in [-0.25, -0.2) is 0 Å². The highest BCUT2D eigenvalue weighted by atomic mass is 35.5. The number of hydrogen-bond acceptors (Lipinski definition) is 2. The van der Waals surface area contributed by atoms with Crippen LogP contribution in [0.2, 0.25) is 5.02 Å². The van der Waals surface area contributed by atoms with Gasteiger partial charge < -0.3 is 10.2 Å². The Morgan fingerprint density at radius 1 is 1.32 bits per heavy atom. The molecule has 1 atom stereocenters. The number of hydrogen-bond donors (Lipinski definition) is 1. The highest BCUT2D eigenvalue weighted by molar-refractivity contribution is 6.32. The zero-order valence-electron chi connectivity index (χ0n) is 12.9. The van der Waals surface area contributed by atoms with Crippen molar-refractivity contribution < 1.29 is 13.2 Å². The minimum Gasteiger partial charge on any atom is -0.315 e. The normalized spacial score (nSPS) is 23.0. The van der Waals surface area contributed by atoms with Crippen LogP contribution in [0.25, 0.3) is 0 Å². The lowest BCUT2D eigenvalue weighted by Crippen LogP contribution is -2.55. The first-order valence-corrected chi connectivity index (χ1v) is 7.87. The van der Waals surface area contributed by atoms with Crippen LogP contribution >= 0.6 is 11.6 Å². The number of rotatable bonds is 4. The predicted molar refractivity (Wildman–Crippen MR) is 83.3 cm³/mol. The van der Waals surface area contributed by atoms with E-state index in [9.17, 15) is 13.2 Å². The molecule has 1 fully saturated rings. The summed E-state index contributed by atoms with van der Waals surface area (Å²) in [5.41, 5.74) is -0.189. The summed E-state index contributed by atoms with van der Waals surface area (Å²) in [6, 6.07) is 4.17. The molecule has 22 heavy (non-hydrogen) atoms. The summed E-state index contributed by atoms with van der Waals surface area (Å²) in [7, 11) is 4.06. The van der Waals surface area contributed by atoms with E-state index in [4.69, 9.17) is 11.6 Å². The Hall–Kier alpha value is -0.780. The minimum atomic E-state index is -4.40. The fourth-order valence-electron chi connectivity index (χ4n) is 3.13. The molecule has 0 spiro atoms. The Balaban J connectivity index is 2.17. The van der Waals surface area contributed by atoms with E-state index in [2.05, 4.69) is 10.2 Å². The van der Waals surface area contributed by atoms with Gasteiger partial charge in [0.15, 0.2) is 0 Å². The van der Waals surface area contributed by atoms with Crippen molar-refractivity contribution in [2.24, 2.45) is 0 Å². The van der Waals surface area contributed by atoms with E-state index >= 15 is 0 Å². The number of nitrogens with one attached hydrogen (secondary N) is 1.